The molecule has 4 rings (SSSR count). The van der Waals surface area contributed by atoms with Crippen molar-refractivity contribution in [2.45, 2.75) is 31.8 Å². The van der Waals surface area contributed by atoms with Gasteiger partial charge in [-0.25, -0.2) is 4.39 Å². The number of carbonyl (C=O) groups excluding carboxylic acids is 2. The molecule has 2 amide bonds. The molecule has 154 valence electrons. The van der Waals surface area contributed by atoms with E-state index in [2.05, 4.69) is 15.3 Å². The molecule has 1 saturated heterocycles. The van der Waals surface area contributed by atoms with Crippen molar-refractivity contribution in [2.75, 3.05) is 26.2 Å². The molecule has 1 fully saturated rings. The average Bonchev–Trinajstić information content (AvgIpc) is 3.09. The van der Waals surface area contributed by atoms with Crippen LogP contribution in [0.25, 0.3) is 0 Å². The quantitative estimate of drug-likeness (QED) is 0.765. The molecule has 1 aromatic carbocycles. The van der Waals surface area contributed by atoms with Crippen LogP contribution in [0.2, 0.25) is 0 Å². The molecule has 1 N–H and O–H groups in total. The van der Waals surface area contributed by atoms with Crippen molar-refractivity contribution in [3.8, 4) is 0 Å². The number of aromatic nitrogens is 2. The maximum absolute atomic E-state index is 13.8. The standard InChI is InChI=1S/C21H26FN5O2/c1-25-19-7-6-16(27-10-8-26(14-28)9-11-27)12-17(19)20(24-25)21(29)23-13-15-4-2-3-5-18(15)22/h2-5,14,16H,6-13H2,1H3,(H,23,29). The molecule has 1 aromatic heterocycles. The number of aryl methyl sites for hydroxylation is 1. The van der Waals surface area contributed by atoms with Crippen LogP contribution < -0.4 is 5.32 Å². The molecule has 0 spiro atoms. The van der Waals surface area contributed by atoms with Gasteiger partial charge in [-0.1, -0.05) is 18.2 Å². The molecule has 1 aliphatic carbocycles. The minimum atomic E-state index is -0.328. The Morgan fingerprint density at radius 2 is 2.03 bits per heavy atom. The lowest BCUT2D eigenvalue weighted by Crippen LogP contribution is -2.51. The Balaban J connectivity index is 1.46. The molecule has 0 bridgehead atoms. The second kappa shape index (κ2) is 8.32. The Morgan fingerprint density at radius 1 is 1.28 bits per heavy atom. The van der Waals surface area contributed by atoms with E-state index in [-0.39, 0.29) is 18.3 Å². The molecule has 2 aromatic rings. The van der Waals surface area contributed by atoms with Gasteiger partial charge in [0.05, 0.1) is 0 Å². The first-order valence-corrected chi connectivity index (χ1v) is 10.1. The fourth-order valence-corrected chi connectivity index (χ4v) is 4.37. The number of amides is 2. The van der Waals surface area contributed by atoms with Gasteiger partial charge in [0.15, 0.2) is 5.69 Å². The fourth-order valence-electron chi connectivity index (χ4n) is 4.37. The van der Waals surface area contributed by atoms with Crippen molar-refractivity contribution < 1.29 is 14.0 Å². The van der Waals surface area contributed by atoms with Gasteiger partial charge in [0.1, 0.15) is 5.82 Å². The van der Waals surface area contributed by atoms with E-state index in [0.717, 1.165) is 63.1 Å². The van der Waals surface area contributed by atoms with E-state index >= 15 is 0 Å². The summed E-state index contributed by atoms with van der Waals surface area (Å²) < 4.78 is 15.6. The molecular formula is C21H26FN5O2. The molecule has 2 aliphatic rings. The normalized spacial score (nSPS) is 19.7. The third kappa shape index (κ3) is 4.03. The third-order valence-electron chi connectivity index (χ3n) is 6.06. The highest BCUT2D eigenvalue weighted by atomic mass is 19.1. The van der Waals surface area contributed by atoms with Crippen molar-refractivity contribution in [3.63, 3.8) is 0 Å². The SMILES string of the molecule is Cn1nc(C(=O)NCc2ccccc2F)c2c1CCC(N1CCN(C=O)CC1)C2. The van der Waals surface area contributed by atoms with E-state index in [9.17, 15) is 14.0 Å². The number of hydrogen-bond donors (Lipinski definition) is 1. The maximum atomic E-state index is 13.8. The van der Waals surface area contributed by atoms with E-state index in [4.69, 9.17) is 0 Å². The molecule has 0 radical (unpaired) electrons. The number of piperazine rings is 1. The highest BCUT2D eigenvalue weighted by molar-refractivity contribution is 5.94. The van der Waals surface area contributed by atoms with Gasteiger partial charge in [0.25, 0.3) is 5.91 Å². The minimum Gasteiger partial charge on any atom is -0.346 e. The summed E-state index contributed by atoms with van der Waals surface area (Å²) in [6.45, 7) is 3.33. The Kier molecular flexibility index (Phi) is 5.62. The van der Waals surface area contributed by atoms with Crippen LogP contribution in [0.4, 0.5) is 4.39 Å². The molecule has 8 heteroatoms. The number of halogens is 1. The van der Waals surface area contributed by atoms with E-state index < -0.39 is 0 Å². The van der Waals surface area contributed by atoms with Gasteiger partial charge in [-0.15, -0.1) is 0 Å². The third-order valence-corrected chi connectivity index (χ3v) is 6.06. The summed E-state index contributed by atoms with van der Waals surface area (Å²) in [6, 6.07) is 6.78. The lowest BCUT2D eigenvalue weighted by molar-refractivity contribution is -0.120. The fraction of sp³-hybridized carbons (Fsp3) is 0.476. The van der Waals surface area contributed by atoms with Gasteiger partial charge in [-0.3, -0.25) is 19.2 Å². The first-order valence-electron chi connectivity index (χ1n) is 10.1. The van der Waals surface area contributed by atoms with Crippen LogP contribution >= 0.6 is 0 Å². The van der Waals surface area contributed by atoms with Crippen LogP contribution in [0.15, 0.2) is 24.3 Å². The molecule has 7 nitrogen and oxygen atoms in total. The lowest BCUT2D eigenvalue weighted by atomic mass is 9.90. The summed E-state index contributed by atoms with van der Waals surface area (Å²) in [6.07, 6.45) is 3.57. The summed E-state index contributed by atoms with van der Waals surface area (Å²) in [7, 11) is 1.87. The van der Waals surface area contributed by atoms with Gasteiger partial charge in [0, 0.05) is 62.6 Å². The van der Waals surface area contributed by atoms with Crippen LogP contribution in [0, 0.1) is 5.82 Å². The smallest absolute Gasteiger partial charge is 0.272 e. The maximum Gasteiger partial charge on any atom is 0.272 e. The summed E-state index contributed by atoms with van der Waals surface area (Å²) in [4.78, 5) is 28.0. The highest BCUT2D eigenvalue weighted by Crippen LogP contribution is 2.27. The molecule has 1 aliphatic heterocycles. The number of nitrogens with zero attached hydrogens (tertiary/aromatic N) is 4. The average molecular weight is 399 g/mol. The Bertz CT molecular complexity index is 904. The Morgan fingerprint density at radius 3 is 2.76 bits per heavy atom. The predicted molar refractivity (Wildman–Crippen MR) is 106 cm³/mol. The first-order chi connectivity index (χ1) is 14.1. The number of fused-ring (bicyclic) bond motifs is 1. The zero-order valence-electron chi connectivity index (χ0n) is 16.6. The second-order valence-corrected chi connectivity index (χ2v) is 7.75. The molecule has 1 unspecified atom stereocenters. The van der Waals surface area contributed by atoms with Gasteiger partial charge in [-0.05, 0) is 25.3 Å². The predicted octanol–water partition coefficient (Wildman–Crippen LogP) is 1.12. The van der Waals surface area contributed by atoms with Crippen LogP contribution in [-0.2, 0) is 31.2 Å². The summed E-state index contributed by atoms with van der Waals surface area (Å²) in [5.74, 6) is -0.595. The zero-order chi connectivity index (χ0) is 20.4. The second-order valence-electron chi connectivity index (χ2n) is 7.75. The van der Waals surface area contributed by atoms with Crippen molar-refractivity contribution >= 4 is 12.3 Å². The van der Waals surface area contributed by atoms with Gasteiger partial charge in [-0.2, -0.15) is 5.10 Å². The largest absolute Gasteiger partial charge is 0.346 e. The number of nitrogens with one attached hydrogen (secondary N) is 1. The first kappa shape index (κ1) is 19.6. The van der Waals surface area contributed by atoms with Crippen LogP contribution in [0.3, 0.4) is 0 Å². The monoisotopic (exact) mass is 399 g/mol. The van der Waals surface area contributed by atoms with Crippen molar-refractivity contribution in [1.82, 2.24) is 24.9 Å². The summed E-state index contributed by atoms with van der Waals surface area (Å²) >= 11 is 0. The Hall–Kier alpha value is -2.74. The number of rotatable bonds is 5. The number of hydrogen-bond acceptors (Lipinski definition) is 4. The van der Waals surface area contributed by atoms with Crippen LogP contribution in [-0.4, -0.2) is 64.1 Å². The summed E-state index contributed by atoms with van der Waals surface area (Å²) in [5.41, 5.74) is 2.99. The molecule has 1 atom stereocenters. The van der Waals surface area contributed by atoms with E-state index in [1.807, 2.05) is 7.05 Å². The number of benzene rings is 1. The van der Waals surface area contributed by atoms with Crippen molar-refractivity contribution in [2.24, 2.45) is 7.05 Å². The van der Waals surface area contributed by atoms with Crippen molar-refractivity contribution in [3.05, 3.63) is 52.6 Å². The van der Waals surface area contributed by atoms with E-state index in [1.165, 1.54) is 6.07 Å². The van der Waals surface area contributed by atoms with E-state index in [0.29, 0.717) is 17.3 Å². The molecular weight excluding hydrogens is 373 g/mol. The van der Waals surface area contributed by atoms with Gasteiger partial charge >= 0.3 is 0 Å². The van der Waals surface area contributed by atoms with Crippen molar-refractivity contribution in [1.29, 1.82) is 0 Å². The zero-order valence-corrected chi connectivity index (χ0v) is 16.6. The van der Waals surface area contributed by atoms with Gasteiger partial charge < -0.3 is 10.2 Å². The molecule has 2 heterocycles. The lowest BCUT2D eigenvalue weighted by Gasteiger charge is -2.39. The minimum absolute atomic E-state index is 0.133. The van der Waals surface area contributed by atoms with Gasteiger partial charge in [0.2, 0.25) is 6.41 Å². The van der Waals surface area contributed by atoms with Crippen LogP contribution in [0.5, 0.6) is 0 Å². The number of carbonyl (C=O) groups is 2. The molecule has 0 saturated carbocycles. The van der Waals surface area contributed by atoms with Crippen LogP contribution in [0.1, 0.15) is 33.7 Å². The topological polar surface area (TPSA) is 70.5 Å². The molecule has 29 heavy (non-hydrogen) atoms. The highest BCUT2D eigenvalue weighted by Gasteiger charge is 2.32. The summed E-state index contributed by atoms with van der Waals surface area (Å²) in [5, 5.41) is 7.28. The Labute approximate surface area is 169 Å². The van der Waals surface area contributed by atoms with E-state index in [1.54, 1.807) is 27.8 Å².